The molecule has 2 N–H and O–H groups in total. The summed E-state index contributed by atoms with van der Waals surface area (Å²) in [6.07, 6.45) is 0. The third-order valence-electron chi connectivity index (χ3n) is 2.84. The predicted octanol–water partition coefficient (Wildman–Crippen LogP) is 2.46. The molecule has 0 atom stereocenters. The predicted molar refractivity (Wildman–Crippen MR) is 73.3 cm³/mol. The zero-order chi connectivity index (χ0) is 14.7. The lowest BCUT2D eigenvalue weighted by molar-refractivity contribution is 0.0939. The zero-order valence-corrected chi connectivity index (χ0v) is 11.7. The van der Waals surface area contributed by atoms with Gasteiger partial charge in [0, 0.05) is 28.5 Å². The third-order valence-corrected chi connectivity index (χ3v) is 2.84. The van der Waals surface area contributed by atoms with Crippen LogP contribution in [0.4, 0.5) is 0 Å². The minimum atomic E-state index is -0.642. The molecular weight excluding hydrogens is 242 g/mol. The quantitative estimate of drug-likeness (QED) is 0.827. The van der Waals surface area contributed by atoms with Crippen molar-refractivity contribution in [1.29, 1.82) is 0 Å². The molecule has 19 heavy (non-hydrogen) atoms. The second-order valence-corrected chi connectivity index (χ2v) is 5.20. The minimum absolute atomic E-state index is 0.110. The van der Waals surface area contributed by atoms with Crippen molar-refractivity contribution in [1.82, 2.24) is 0 Å². The highest BCUT2D eigenvalue weighted by Gasteiger charge is 2.18. The highest BCUT2D eigenvalue weighted by molar-refractivity contribution is 6.06. The van der Waals surface area contributed by atoms with Crippen molar-refractivity contribution in [3.8, 4) is 0 Å². The standard InChI is InChI=1S/C15H19NO3/c1-8(2)13(17)10-5-11(14(18)9(3)4)7-12(6-10)15(16)19/h5-9H,1-4H3,(H2,16,19). The average Bonchev–Trinajstić information content (AvgIpc) is 2.35. The first-order valence-corrected chi connectivity index (χ1v) is 6.27. The second kappa shape index (κ2) is 5.78. The second-order valence-electron chi connectivity index (χ2n) is 5.20. The fraction of sp³-hybridized carbons (Fsp3) is 0.400. The summed E-state index contributed by atoms with van der Waals surface area (Å²) < 4.78 is 0. The van der Waals surface area contributed by atoms with Gasteiger partial charge in [-0.05, 0) is 18.2 Å². The highest BCUT2D eigenvalue weighted by Crippen LogP contribution is 2.17. The van der Waals surface area contributed by atoms with Crippen LogP contribution in [0.25, 0.3) is 0 Å². The van der Waals surface area contributed by atoms with E-state index >= 15 is 0 Å². The lowest BCUT2D eigenvalue weighted by atomic mass is 9.93. The maximum Gasteiger partial charge on any atom is 0.248 e. The largest absolute Gasteiger partial charge is 0.366 e. The molecule has 0 radical (unpaired) electrons. The Morgan fingerprint density at radius 2 is 1.11 bits per heavy atom. The SMILES string of the molecule is CC(C)C(=O)c1cc(C(N)=O)cc(C(=O)C(C)C)c1. The minimum Gasteiger partial charge on any atom is -0.366 e. The molecule has 0 unspecified atom stereocenters. The number of amides is 1. The molecule has 4 nitrogen and oxygen atoms in total. The van der Waals surface area contributed by atoms with Crippen molar-refractivity contribution in [2.24, 2.45) is 17.6 Å². The third kappa shape index (κ3) is 3.50. The molecule has 1 aromatic rings. The normalized spacial score (nSPS) is 10.8. The molecule has 0 spiro atoms. The van der Waals surface area contributed by atoms with E-state index in [0.717, 1.165) is 0 Å². The summed E-state index contributed by atoms with van der Waals surface area (Å²) in [5, 5.41) is 0. The molecule has 0 fully saturated rings. The van der Waals surface area contributed by atoms with Gasteiger partial charge in [0.1, 0.15) is 0 Å². The van der Waals surface area contributed by atoms with Crippen LogP contribution in [-0.2, 0) is 0 Å². The summed E-state index contributed by atoms with van der Waals surface area (Å²) in [6, 6.07) is 4.43. The molecule has 0 aliphatic rings. The van der Waals surface area contributed by atoms with E-state index in [9.17, 15) is 14.4 Å². The number of carbonyl (C=O) groups is 3. The van der Waals surface area contributed by atoms with Crippen LogP contribution >= 0.6 is 0 Å². The van der Waals surface area contributed by atoms with Gasteiger partial charge in [0.25, 0.3) is 0 Å². The summed E-state index contributed by atoms with van der Waals surface area (Å²) in [5.74, 6) is -1.27. The fourth-order valence-electron chi connectivity index (χ4n) is 1.72. The number of primary amides is 1. The summed E-state index contributed by atoms with van der Waals surface area (Å²) in [6.45, 7) is 7.07. The monoisotopic (exact) mass is 261 g/mol. The van der Waals surface area contributed by atoms with Crippen LogP contribution in [0.3, 0.4) is 0 Å². The number of Topliss-reactive ketones (excluding diaryl/α,β-unsaturated/α-hetero) is 2. The van der Waals surface area contributed by atoms with Crippen LogP contribution in [0, 0.1) is 11.8 Å². The summed E-state index contributed by atoms with van der Waals surface area (Å²) in [4.78, 5) is 35.3. The van der Waals surface area contributed by atoms with Gasteiger partial charge in [0.05, 0.1) is 0 Å². The molecule has 0 aromatic heterocycles. The molecule has 1 rings (SSSR count). The van der Waals surface area contributed by atoms with Gasteiger partial charge in [0.15, 0.2) is 11.6 Å². The van der Waals surface area contributed by atoms with E-state index in [-0.39, 0.29) is 29.0 Å². The Morgan fingerprint density at radius 3 is 1.37 bits per heavy atom. The first kappa shape index (κ1) is 15.1. The van der Waals surface area contributed by atoms with Crippen LogP contribution in [0.1, 0.15) is 58.8 Å². The first-order valence-electron chi connectivity index (χ1n) is 6.27. The van der Waals surface area contributed by atoms with Crippen LogP contribution in [-0.4, -0.2) is 17.5 Å². The number of benzene rings is 1. The molecule has 0 aliphatic carbocycles. The smallest absolute Gasteiger partial charge is 0.248 e. The van der Waals surface area contributed by atoms with Crippen LogP contribution in [0.15, 0.2) is 18.2 Å². The van der Waals surface area contributed by atoms with E-state index in [1.54, 1.807) is 27.7 Å². The summed E-state index contributed by atoms with van der Waals surface area (Å²) >= 11 is 0. The van der Waals surface area contributed by atoms with Crippen molar-refractivity contribution in [2.45, 2.75) is 27.7 Å². The molecule has 0 aliphatic heterocycles. The molecule has 102 valence electrons. The summed E-state index contributed by atoms with van der Waals surface area (Å²) in [5.41, 5.74) is 6.15. The van der Waals surface area contributed by atoms with Crippen LogP contribution in [0.2, 0.25) is 0 Å². The Hall–Kier alpha value is -1.97. The highest BCUT2D eigenvalue weighted by atomic mass is 16.1. The molecule has 0 saturated heterocycles. The van der Waals surface area contributed by atoms with Crippen molar-refractivity contribution in [2.75, 3.05) is 0 Å². The molecule has 0 heterocycles. The number of rotatable bonds is 5. The Morgan fingerprint density at radius 1 is 0.789 bits per heavy atom. The molecular formula is C15H19NO3. The molecule has 1 aromatic carbocycles. The van der Waals surface area contributed by atoms with Gasteiger partial charge in [-0.3, -0.25) is 14.4 Å². The van der Waals surface area contributed by atoms with E-state index in [1.807, 2.05) is 0 Å². The number of hydrogen-bond donors (Lipinski definition) is 1. The maximum absolute atomic E-state index is 12.0. The van der Waals surface area contributed by atoms with E-state index in [4.69, 9.17) is 5.73 Å². The van der Waals surface area contributed by atoms with Gasteiger partial charge in [-0.25, -0.2) is 0 Å². The first-order chi connectivity index (χ1) is 8.73. The Labute approximate surface area is 113 Å². The van der Waals surface area contributed by atoms with Crippen molar-refractivity contribution < 1.29 is 14.4 Å². The lowest BCUT2D eigenvalue weighted by Crippen LogP contribution is -2.17. The van der Waals surface area contributed by atoms with Gasteiger partial charge < -0.3 is 5.73 Å². The zero-order valence-electron chi connectivity index (χ0n) is 11.7. The molecule has 0 bridgehead atoms. The Bertz CT molecular complexity index is 492. The molecule has 4 heteroatoms. The van der Waals surface area contributed by atoms with E-state index in [2.05, 4.69) is 0 Å². The molecule has 0 saturated carbocycles. The van der Waals surface area contributed by atoms with E-state index in [1.165, 1.54) is 18.2 Å². The number of nitrogens with two attached hydrogens (primary N) is 1. The van der Waals surface area contributed by atoms with Gasteiger partial charge in [-0.1, -0.05) is 27.7 Å². The summed E-state index contributed by atoms with van der Waals surface area (Å²) in [7, 11) is 0. The van der Waals surface area contributed by atoms with E-state index < -0.39 is 5.91 Å². The molecule has 1 amide bonds. The number of carbonyl (C=O) groups excluding carboxylic acids is 3. The maximum atomic E-state index is 12.0. The van der Waals surface area contributed by atoms with Gasteiger partial charge in [-0.2, -0.15) is 0 Å². The fourth-order valence-corrected chi connectivity index (χ4v) is 1.72. The lowest BCUT2D eigenvalue weighted by Gasteiger charge is -2.10. The van der Waals surface area contributed by atoms with Gasteiger partial charge in [-0.15, -0.1) is 0 Å². The number of ketones is 2. The topological polar surface area (TPSA) is 77.2 Å². The van der Waals surface area contributed by atoms with Crippen LogP contribution in [0.5, 0.6) is 0 Å². The van der Waals surface area contributed by atoms with Crippen molar-refractivity contribution in [3.63, 3.8) is 0 Å². The van der Waals surface area contributed by atoms with Crippen molar-refractivity contribution >= 4 is 17.5 Å². The Kier molecular flexibility index (Phi) is 4.59. The average molecular weight is 261 g/mol. The van der Waals surface area contributed by atoms with Crippen LogP contribution < -0.4 is 5.73 Å². The van der Waals surface area contributed by atoms with Gasteiger partial charge >= 0.3 is 0 Å². The Balaban J connectivity index is 3.38. The van der Waals surface area contributed by atoms with E-state index in [0.29, 0.717) is 11.1 Å². The number of hydrogen-bond acceptors (Lipinski definition) is 3. The van der Waals surface area contributed by atoms with Gasteiger partial charge in [0.2, 0.25) is 5.91 Å². The van der Waals surface area contributed by atoms with Crippen molar-refractivity contribution in [3.05, 3.63) is 34.9 Å².